The zero-order chi connectivity index (χ0) is 14.8. The molecule has 1 heterocycles. The molecule has 0 amide bonds. The van der Waals surface area contributed by atoms with Gasteiger partial charge in [-0.3, -0.25) is 4.90 Å². The molecule has 1 aromatic rings. The fourth-order valence-corrected chi connectivity index (χ4v) is 3.06. The molecular formula is C16H22FN3S. The van der Waals surface area contributed by atoms with Crippen LogP contribution in [0.15, 0.2) is 18.2 Å². The van der Waals surface area contributed by atoms with E-state index in [2.05, 4.69) is 9.80 Å². The van der Waals surface area contributed by atoms with Gasteiger partial charge in [0.15, 0.2) is 0 Å². The van der Waals surface area contributed by atoms with E-state index in [1.165, 1.54) is 25.5 Å². The summed E-state index contributed by atoms with van der Waals surface area (Å²) >= 11 is 4.94. The number of nitrogens with two attached hydrogens (primary N) is 1. The van der Waals surface area contributed by atoms with Gasteiger partial charge >= 0.3 is 0 Å². The van der Waals surface area contributed by atoms with Crippen molar-refractivity contribution in [3.63, 3.8) is 0 Å². The maximum atomic E-state index is 13.6. The second kappa shape index (κ2) is 6.38. The first-order valence-electron chi connectivity index (χ1n) is 7.64. The molecule has 114 valence electrons. The third-order valence-electron chi connectivity index (χ3n) is 4.33. The first kappa shape index (κ1) is 14.9. The molecule has 2 aliphatic rings. The monoisotopic (exact) mass is 307 g/mol. The van der Waals surface area contributed by atoms with Gasteiger partial charge < -0.3 is 10.6 Å². The predicted molar refractivity (Wildman–Crippen MR) is 86.7 cm³/mol. The van der Waals surface area contributed by atoms with Crippen LogP contribution in [0.4, 0.5) is 4.39 Å². The van der Waals surface area contributed by atoms with Crippen LogP contribution >= 0.6 is 12.2 Å². The van der Waals surface area contributed by atoms with Crippen LogP contribution in [0.25, 0.3) is 0 Å². The van der Waals surface area contributed by atoms with Gasteiger partial charge in [0, 0.05) is 44.8 Å². The summed E-state index contributed by atoms with van der Waals surface area (Å²) in [6.45, 7) is 6.36. The number of rotatable bonds is 5. The van der Waals surface area contributed by atoms with Crippen LogP contribution in [0.2, 0.25) is 0 Å². The molecule has 0 spiro atoms. The number of nitrogens with zero attached hydrogens (tertiary/aromatic N) is 2. The Labute approximate surface area is 130 Å². The molecule has 3 rings (SSSR count). The zero-order valence-corrected chi connectivity index (χ0v) is 13.0. The van der Waals surface area contributed by atoms with E-state index in [0.29, 0.717) is 5.56 Å². The van der Waals surface area contributed by atoms with Crippen LogP contribution in [0, 0.1) is 11.7 Å². The lowest BCUT2D eigenvalue weighted by atomic mass is 10.1. The van der Waals surface area contributed by atoms with E-state index in [0.717, 1.165) is 44.2 Å². The minimum atomic E-state index is -0.261. The quantitative estimate of drug-likeness (QED) is 0.843. The molecule has 0 unspecified atom stereocenters. The third-order valence-corrected chi connectivity index (χ3v) is 4.56. The van der Waals surface area contributed by atoms with E-state index in [-0.39, 0.29) is 10.8 Å². The third kappa shape index (κ3) is 4.22. The molecule has 0 atom stereocenters. The highest BCUT2D eigenvalue weighted by molar-refractivity contribution is 7.80. The van der Waals surface area contributed by atoms with E-state index in [9.17, 15) is 4.39 Å². The second-order valence-electron chi connectivity index (χ2n) is 6.23. The van der Waals surface area contributed by atoms with Gasteiger partial charge in [0.25, 0.3) is 0 Å². The van der Waals surface area contributed by atoms with Crippen molar-refractivity contribution in [2.45, 2.75) is 19.4 Å². The fourth-order valence-electron chi connectivity index (χ4n) is 2.94. The number of hydrogen-bond donors (Lipinski definition) is 1. The summed E-state index contributed by atoms with van der Waals surface area (Å²) in [4.78, 5) is 5.19. The summed E-state index contributed by atoms with van der Waals surface area (Å²) in [7, 11) is 0. The van der Waals surface area contributed by atoms with Crippen LogP contribution in [0.1, 0.15) is 24.0 Å². The highest BCUT2D eigenvalue weighted by Crippen LogP contribution is 2.30. The zero-order valence-electron chi connectivity index (χ0n) is 12.2. The first-order chi connectivity index (χ1) is 10.1. The van der Waals surface area contributed by atoms with Crippen molar-refractivity contribution >= 4 is 17.2 Å². The average Bonchev–Trinajstić information content (AvgIpc) is 3.24. The fraction of sp³-hybridized carbons (Fsp3) is 0.562. The van der Waals surface area contributed by atoms with Gasteiger partial charge in [0.1, 0.15) is 10.8 Å². The molecule has 1 saturated carbocycles. The van der Waals surface area contributed by atoms with Crippen molar-refractivity contribution in [3.05, 3.63) is 35.1 Å². The van der Waals surface area contributed by atoms with Gasteiger partial charge in [-0.2, -0.15) is 0 Å². The van der Waals surface area contributed by atoms with E-state index >= 15 is 0 Å². The molecular weight excluding hydrogens is 285 g/mol. The van der Waals surface area contributed by atoms with E-state index in [1.807, 2.05) is 6.07 Å². The molecule has 3 nitrogen and oxygen atoms in total. The highest BCUT2D eigenvalue weighted by atomic mass is 32.1. The van der Waals surface area contributed by atoms with Crippen LogP contribution < -0.4 is 5.73 Å². The standard InChI is InChI=1S/C16H22FN3S/c17-15-8-13(7-14(9-15)16(18)21)11-20-5-3-19(4-6-20)10-12-1-2-12/h7-9,12H,1-6,10-11H2,(H2,18,21). The molecule has 1 aliphatic carbocycles. The Bertz CT molecular complexity index is 522. The van der Waals surface area contributed by atoms with Gasteiger partial charge in [0.05, 0.1) is 0 Å². The van der Waals surface area contributed by atoms with Crippen molar-refractivity contribution in [1.29, 1.82) is 0 Å². The maximum absolute atomic E-state index is 13.6. The van der Waals surface area contributed by atoms with E-state index < -0.39 is 0 Å². The van der Waals surface area contributed by atoms with Crippen molar-refractivity contribution in [2.24, 2.45) is 11.7 Å². The normalized spacial score (nSPS) is 20.6. The largest absolute Gasteiger partial charge is 0.389 e. The number of hydrogen-bond acceptors (Lipinski definition) is 3. The van der Waals surface area contributed by atoms with E-state index in [4.69, 9.17) is 18.0 Å². The summed E-state index contributed by atoms with van der Waals surface area (Å²) < 4.78 is 13.6. The summed E-state index contributed by atoms with van der Waals surface area (Å²) in [5, 5.41) is 0. The van der Waals surface area contributed by atoms with Gasteiger partial charge in [-0.25, -0.2) is 4.39 Å². The van der Waals surface area contributed by atoms with Gasteiger partial charge in [-0.05, 0) is 42.5 Å². The highest BCUT2D eigenvalue weighted by Gasteiger charge is 2.26. The molecule has 21 heavy (non-hydrogen) atoms. The topological polar surface area (TPSA) is 32.5 Å². The molecule has 1 aromatic carbocycles. The summed E-state index contributed by atoms with van der Waals surface area (Å²) in [5.41, 5.74) is 7.17. The Morgan fingerprint density at radius 2 is 1.81 bits per heavy atom. The lowest BCUT2D eigenvalue weighted by molar-refractivity contribution is 0.123. The molecule has 0 bridgehead atoms. The molecule has 0 radical (unpaired) electrons. The van der Waals surface area contributed by atoms with Crippen LogP contribution in [-0.2, 0) is 6.54 Å². The van der Waals surface area contributed by atoms with Crippen molar-refractivity contribution in [3.8, 4) is 0 Å². The molecule has 0 aromatic heterocycles. The summed E-state index contributed by atoms with van der Waals surface area (Å²) in [5.74, 6) is 0.690. The molecule has 2 N–H and O–H groups in total. The molecule has 2 fully saturated rings. The van der Waals surface area contributed by atoms with Gasteiger partial charge in [0.2, 0.25) is 0 Å². The molecule has 1 aliphatic heterocycles. The SMILES string of the molecule is NC(=S)c1cc(F)cc(CN2CCN(CC3CC3)CC2)c1. The Morgan fingerprint density at radius 3 is 2.43 bits per heavy atom. The van der Waals surface area contributed by atoms with Gasteiger partial charge in [-0.1, -0.05) is 12.2 Å². The number of benzene rings is 1. The average molecular weight is 307 g/mol. The lowest BCUT2D eigenvalue weighted by Gasteiger charge is -2.34. The number of thiocarbonyl (C=S) groups is 1. The predicted octanol–water partition coefficient (Wildman–Crippen LogP) is 1.99. The number of halogens is 1. The van der Waals surface area contributed by atoms with Crippen LogP contribution in [0.3, 0.4) is 0 Å². The van der Waals surface area contributed by atoms with Crippen molar-refractivity contribution in [2.75, 3.05) is 32.7 Å². The lowest BCUT2D eigenvalue weighted by Crippen LogP contribution is -2.46. The van der Waals surface area contributed by atoms with Crippen LogP contribution in [-0.4, -0.2) is 47.5 Å². The number of piperazine rings is 1. The minimum Gasteiger partial charge on any atom is -0.389 e. The second-order valence-corrected chi connectivity index (χ2v) is 6.67. The molecule has 1 saturated heterocycles. The van der Waals surface area contributed by atoms with Crippen molar-refractivity contribution in [1.82, 2.24) is 9.80 Å². The first-order valence-corrected chi connectivity index (χ1v) is 8.05. The maximum Gasteiger partial charge on any atom is 0.124 e. The summed E-state index contributed by atoms with van der Waals surface area (Å²) in [6.07, 6.45) is 2.82. The van der Waals surface area contributed by atoms with Crippen molar-refractivity contribution < 1.29 is 4.39 Å². The Balaban J connectivity index is 1.55. The molecule has 5 heteroatoms. The Hall–Kier alpha value is -1.04. The summed E-state index contributed by atoms with van der Waals surface area (Å²) in [6, 6.07) is 4.89. The smallest absolute Gasteiger partial charge is 0.124 e. The Morgan fingerprint density at radius 1 is 1.14 bits per heavy atom. The van der Waals surface area contributed by atoms with E-state index in [1.54, 1.807) is 6.07 Å². The minimum absolute atomic E-state index is 0.255. The van der Waals surface area contributed by atoms with Crippen LogP contribution in [0.5, 0.6) is 0 Å². The Kier molecular flexibility index (Phi) is 4.52. The van der Waals surface area contributed by atoms with Gasteiger partial charge in [-0.15, -0.1) is 0 Å².